The summed E-state index contributed by atoms with van der Waals surface area (Å²) in [6.45, 7) is 3.59. The molecular weight excluding hydrogens is 280 g/mol. The number of nitrogens with zero attached hydrogens (tertiary/aromatic N) is 1. The van der Waals surface area contributed by atoms with Crippen LogP contribution in [0.4, 0.5) is 0 Å². The van der Waals surface area contributed by atoms with Crippen LogP contribution in [0.2, 0.25) is 0 Å². The second-order valence-corrected chi connectivity index (χ2v) is 6.15. The molecule has 1 aromatic carbocycles. The number of cyclic esters (lactones) is 1. The van der Waals surface area contributed by atoms with Crippen LogP contribution in [-0.4, -0.2) is 48.1 Å². The third kappa shape index (κ3) is 3.30. The first-order valence-electron chi connectivity index (χ1n) is 7.94. The van der Waals surface area contributed by atoms with Crippen LogP contribution in [0, 0.1) is 0 Å². The van der Waals surface area contributed by atoms with Crippen molar-refractivity contribution >= 4 is 11.9 Å². The number of carbonyl (C=O) groups is 2. The molecule has 0 aliphatic carbocycles. The number of amides is 1. The molecule has 5 heteroatoms. The lowest BCUT2D eigenvalue weighted by atomic mass is 10.0. The lowest BCUT2D eigenvalue weighted by Gasteiger charge is -2.34. The number of ether oxygens (including phenoxy) is 1. The maximum absolute atomic E-state index is 12.1. The summed E-state index contributed by atoms with van der Waals surface area (Å²) in [7, 11) is 0. The second-order valence-electron chi connectivity index (χ2n) is 6.15. The van der Waals surface area contributed by atoms with Gasteiger partial charge in [-0.1, -0.05) is 18.2 Å². The number of hydrogen-bond acceptors (Lipinski definition) is 4. The predicted octanol–water partition coefficient (Wildman–Crippen LogP) is 1.58. The number of esters is 1. The van der Waals surface area contributed by atoms with E-state index in [2.05, 4.69) is 10.2 Å². The Morgan fingerprint density at radius 2 is 1.91 bits per heavy atom. The maximum atomic E-state index is 12.1. The first-order valence-corrected chi connectivity index (χ1v) is 7.94. The van der Waals surface area contributed by atoms with Gasteiger partial charge in [0.15, 0.2) is 0 Å². The van der Waals surface area contributed by atoms with Crippen molar-refractivity contribution in [3.8, 4) is 0 Å². The average molecular weight is 302 g/mol. The molecule has 2 heterocycles. The maximum Gasteiger partial charge on any atom is 0.323 e. The van der Waals surface area contributed by atoms with Crippen molar-refractivity contribution in [2.75, 3.05) is 13.1 Å². The Morgan fingerprint density at radius 3 is 2.50 bits per heavy atom. The molecule has 3 rings (SSSR count). The summed E-state index contributed by atoms with van der Waals surface area (Å²) < 4.78 is 5.23. The number of carbonyl (C=O) groups excluding carboxylic acids is 2. The van der Waals surface area contributed by atoms with Crippen LogP contribution < -0.4 is 5.32 Å². The van der Waals surface area contributed by atoms with E-state index in [9.17, 15) is 9.59 Å². The molecule has 2 fully saturated rings. The van der Waals surface area contributed by atoms with Crippen molar-refractivity contribution in [3.05, 3.63) is 35.9 Å². The Bertz CT molecular complexity index is 538. The smallest absolute Gasteiger partial charge is 0.323 e. The van der Waals surface area contributed by atoms with E-state index < -0.39 is 0 Å². The van der Waals surface area contributed by atoms with Gasteiger partial charge >= 0.3 is 5.97 Å². The van der Waals surface area contributed by atoms with Crippen LogP contribution in [0.25, 0.3) is 0 Å². The zero-order valence-corrected chi connectivity index (χ0v) is 12.8. The van der Waals surface area contributed by atoms with Gasteiger partial charge in [0.05, 0.1) is 0 Å². The van der Waals surface area contributed by atoms with E-state index in [-0.39, 0.29) is 30.1 Å². The van der Waals surface area contributed by atoms with Gasteiger partial charge in [0.2, 0.25) is 0 Å². The van der Waals surface area contributed by atoms with Gasteiger partial charge in [0.1, 0.15) is 12.1 Å². The van der Waals surface area contributed by atoms with E-state index in [1.54, 1.807) is 0 Å². The Morgan fingerprint density at radius 1 is 1.23 bits per heavy atom. The molecule has 0 spiro atoms. The van der Waals surface area contributed by atoms with Crippen molar-refractivity contribution in [1.29, 1.82) is 0 Å². The first kappa shape index (κ1) is 15.0. The molecular formula is C17H22N2O3. The molecule has 2 aliphatic rings. The summed E-state index contributed by atoms with van der Waals surface area (Å²) in [4.78, 5) is 26.1. The molecule has 0 aromatic heterocycles. The highest BCUT2D eigenvalue weighted by Crippen LogP contribution is 2.23. The number of hydrogen-bond donors (Lipinski definition) is 1. The van der Waals surface area contributed by atoms with Gasteiger partial charge in [0.25, 0.3) is 5.91 Å². The summed E-state index contributed by atoms with van der Waals surface area (Å²) in [6.07, 6.45) is 2.54. The number of rotatable bonds is 3. The normalized spacial score (nSPS) is 26.7. The van der Waals surface area contributed by atoms with Crippen molar-refractivity contribution in [1.82, 2.24) is 10.2 Å². The predicted molar refractivity (Wildman–Crippen MR) is 82.5 cm³/mol. The highest BCUT2D eigenvalue weighted by atomic mass is 16.6. The Balaban J connectivity index is 1.50. The molecule has 2 atom stereocenters. The van der Waals surface area contributed by atoms with Crippen molar-refractivity contribution < 1.29 is 14.3 Å². The minimum atomic E-state index is -0.0979. The minimum Gasteiger partial charge on any atom is -0.461 e. The van der Waals surface area contributed by atoms with Gasteiger partial charge in [-0.2, -0.15) is 0 Å². The van der Waals surface area contributed by atoms with Gasteiger partial charge in [-0.15, -0.1) is 0 Å². The SMILES string of the molecule is CC1CC(N2CCC(NC(=O)c3ccccc3)CC2)C(=O)O1. The molecule has 0 bridgehead atoms. The van der Waals surface area contributed by atoms with E-state index >= 15 is 0 Å². The third-order valence-electron chi connectivity index (χ3n) is 4.49. The number of likely N-dealkylation sites (tertiary alicyclic amines) is 1. The lowest BCUT2D eigenvalue weighted by molar-refractivity contribution is -0.145. The van der Waals surface area contributed by atoms with Crippen molar-refractivity contribution in [2.45, 2.75) is 44.4 Å². The highest BCUT2D eigenvalue weighted by molar-refractivity contribution is 5.94. The summed E-state index contributed by atoms with van der Waals surface area (Å²) in [5.41, 5.74) is 0.693. The summed E-state index contributed by atoms with van der Waals surface area (Å²) in [5.74, 6) is -0.118. The molecule has 1 N–H and O–H groups in total. The monoisotopic (exact) mass is 302 g/mol. The van der Waals surface area contributed by atoms with E-state index in [0.29, 0.717) is 5.56 Å². The standard InChI is InChI=1S/C17H22N2O3/c1-12-11-15(17(21)22-12)19-9-7-14(8-10-19)18-16(20)13-5-3-2-4-6-13/h2-6,12,14-15H,7-11H2,1H3,(H,18,20). The zero-order chi connectivity index (χ0) is 15.5. The average Bonchev–Trinajstić information content (AvgIpc) is 2.87. The topological polar surface area (TPSA) is 58.6 Å². The Kier molecular flexibility index (Phi) is 4.43. The summed E-state index contributed by atoms with van der Waals surface area (Å²) in [6, 6.07) is 9.35. The van der Waals surface area contributed by atoms with E-state index in [0.717, 1.165) is 32.4 Å². The molecule has 0 saturated carbocycles. The first-order chi connectivity index (χ1) is 10.6. The number of benzene rings is 1. The fourth-order valence-corrected chi connectivity index (χ4v) is 3.25. The fourth-order valence-electron chi connectivity index (χ4n) is 3.25. The molecule has 2 aliphatic heterocycles. The van der Waals surface area contributed by atoms with Crippen LogP contribution >= 0.6 is 0 Å². The second kappa shape index (κ2) is 6.48. The number of piperidine rings is 1. The van der Waals surface area contributed by atoms with Crippen LogP contribution in [0.1, 0.15) is 36.5 Å². The molecule has 118 valence electrons. The third-order valence-corrected chi connectivity index (χ3v) is 4.49. The van der Waals surface area contributed by atoms with Crippen molar-refractivity contribution in [2.24, 2.45) is 0 Å². The molecule has 22 heavy (non-hydrogen) atoms. The minimum absolute atomic E-state index is 0.0204. The van der Waals surface area contributed by atoms with Crippen LogP contribution in [0.15, 0.2) is 30.3 Å². The fraction of sp³-hybridized carbons (Fsp3) is 0.529. The highest BCUT2D eigenvalue weighted by Gasteiger charge is 2.37. The van der Waals surface area contributed by atoms with Crippen LogP contribution in [0.3, 0.4) is 0 Å². The van der Waals surface area contributed by atoms with Crippen LogP contribution in [-0.2, 0) is 9.53 Å². The Labute approximate surface area is 130 Å². The molecule has 2 unspecified atom stereocenters. The largest absolute Gasteiger partial charge is 0.461 e. The quantitative estimate of drug-likeness (QED) is 0.861. The van der Waals surface area contributed by atoms with Gasteiger partial charge < -0.3 is 10.1 Å². The summed E-state index contributed by atoms with van der Waals surface area (Å²) >= 11 is 0. The van der Waals surface area contributed by atoms with Gasteiger partial charge in [-0.3, -0.25) is 14.5 Å². The molecule has 1 aromatic rings. The number of nitrogens with one attached hydrogen (secondary N) is 1. The molecule has 0 radical (unpaired) electrons. The zero-order valence-electron chi connectivity index (χ0n) is 12.8. The van der Waals surface area contributed by atoms with Gasteiger partial charge in [-0.25, -0.2) is 0 Å². The van der Waals surface area contributed by atoms with Gasteiger partial charge in [-0.05, 0) is 31.9 Å². The van der Waals surface area contributed by atoms with E-state index in [4.69, 9.17) is 4.74 Å². The molecule has 1 amide bonds. The summed E-state index contributed by atoms with van der Waals surface area (Å²) in [5, 5.41) is 3.08. The van der Waals surface area contributed by atoms with E-state index in [1.165, 1.54) is 0 Å². The van der Waals surface area contributed by atoms with Gasteiger partial charge in [0, 0.05) is 31.1 Å². The van der Waals surface area contributed by atoms with E-state index in [1.807, 2.05) is 37.3 Å². The lowest BCUT2D eigenvalue weighted by Crippen LogP contribution is -2.49. The molecule has 5 nitrogen and oxygen atoms in total. The Hall–Kier alpha value is -1.88. The van der Waals surface area contributed by atoms with Crippen LogP contribution in [0.5, 0.6) is 0 Å². The van der Waals surface area contributed by atoms with Crippen molar-refractivity contribution in [3.63, 3.8) is 0 Å². The molecule has 2 saturated heterocycles.